The number of amides is 2. The van der Waals surface area contributed by atoms with Crippen LogP contribution in [0.5, 0.6) is 11.5 Å². The summed E-state index contributed by atoms with van der Waals surface area (Å²) in [5, 5.41) is 36.4. The summed E-state index contributed by atoms with van der Waals surface area (Å²) >= 11 is 0. The molecular formula is C23H18N4O6. The summed E-state index contributed by atoms with van der Waals surface area (Å²) in [4.78, 5) is 35.6. The van der Waals surface area contributed by atoms with Crippen molar-refractivity contribution in [3.63, 3.8) is 0 Å². The number of benzene rings is 3. The summed E-state index contributed by atoms with van der Waals surface area (Å²) < 4.78 is 0. The van der Waals surface area contributed by atoms with Gasteiger partial charge in [0.25, 0.3) is 17.5 Å². The maximum absolute atomic E-state index is 12.7. The average molecular weight is 446 g/mol. The van der Waals surface area contributed by atoms with Crippen molar-refractivity contribution in [2.24, 2.45) is 5.10 Å². The summed E-state index contributed by atoms with van der Waals surface area (Å²) in [7, 11) is 0. The molecule has 3 rings (SSSR count). The van der Waals surface area contributed by atoms with E-state index in [9.17, 15) is 29.9 Å². The highest BCUT2D eigenvalue weighted by Gasteiger charge is 2.17. The lowest BCUT2D eigenvalue weighted by atomic mass is 10.1. The van der Waals surface area contributed by atoms with Crippen LogP contribution in [0.3, 0.4) is 0 Å². The standard InChI is InChI=1S/C23H18N4O6/c28-20-12-17(19(27(32)33)13-21(20)29)14-24-26-23(31)18(11-15-7-3-1-4-8-15)25-22(30)16-9-5-2-6-10-16/h1-14,28-29H,(H,25,30)(H,26,31)/b18-11-,24-14?. The molecule has 0 saturated heterocycles. The summed E-state index contributed by atoms with van der Waals surface area (Å²) in [6.07, 6.45) is 2.38. The Balaban J connectivity index is 1.84. The Kier molecular flexibility index (Phi) is 7.12. The van der Waals surface area contributed by atoms with Crippen LogP contribution in [0.4, 0.5) is 5.69 Å². The molecule has 2 amide bonds. The van der Waals surface area contributed by atoms with E-state index < -0.39 is 33.9 Å². The lowest BCUT2D eigenvalue weighted by molar-refractivity contribution is -0.385. The zero-order valence-corrected chi connectivity index (χ0v) is 17.0. The quantitative estimate of drug-likeness (QED) is 0.144. The van der Waals surface area contributed by atoms with E-state index in [2.05, 4.69) is 15.8 Å². The molecular weight excluding hydrogens is 428 g/mol. The monoisotopic (exact) mass is 446 g/mol. The first-order valence-electron chi connectivity index (χ1n) is 9.52. The van der Waals surface area contributed by atoms with Crippen LogP contribution in [0.1, 0.15) is 21.5 Å². The van der Waals surface area contributed by atoms with Gasteiger partial charge in [-0.15, -0.1) is 0 Å². The minimum atomic E-state index is -0.787. The van der Waals surface area contributed by atoms with Crippen molar-refractivity contribution < 1.29 is 24.7 Å². The lowest BCUT2D eigenvalue weighted by Crippen LogP contribution is -2.32. The van der Waals surface area contributed by atoms with Gasteiger partial charge in [-0.3, -0.25) is 19.7 Å². The number of aromatic hydroxyl groups is 2. The molecule has 4 N–H and O–H groups in total. The van der Waals surface area contributed by atoms with Crippen LogP contribution in [0.2, 0.25) is 0 Å². The molecule has 0 bridgehead atoms. The van der Waals surface area contributed by atoms with Crippen molar-refractivity contribution in [2.75, 3.05) is 0 Å². The summed E-state index contributed by atoms with van der Waals surface area (Å²) in [6, 6.07) is 18.7. The zero-order chi connectivity index (χ0) is 23.8. The number of phenolic OH excluding ortho intramolecular Hbond substituents is 2. The summed E-state index contributed by atoms with van der Waals surface area (Å²) in [6.45, 7) is 0. The second-order valence-corrected chi connectivity index (χ2v) is 6.64. The first kappa shape index (κ1) is 22.7. The van der Waals surface area contributed by atoms with Crippen LogP contribution in [0.15, 0.2) is 83.6 Å². The first-order chi connectivity index (χ1) is 15.8. The van der Waals surface area contributed by atoms with Crippen molar-refractivity contribution in [2.45, 2.75) is 0 Å². The van der Waals surface area contributed by atoms with Gasteiger partial charge < -0.3 is 15.5 Å². The van der Waals surface area contributed by atoms with Gasteiger partial charge >= 0.3 is 0 Å². The van der Waals surface area contributed by atoms with Gasteiger partial charge in [0.1, 0.15) is 5.70 Å². The van der Waals surface area contributed by atoms with Crippen molar-refractivity contribution in [1.29, 1.82) is 0 Å². The minimum Gasteiger partial charge on any atom is -0.504 e. The second kappa shape index (κ2) is 10.4. The van der Waals surface area contributed by atoms with E-state index >= 15 is 0 Å². The number of nitrogens with zero attached hydrogens (tertiary/aromatic N) is 2. The minimum absolute atomic E-state index is 0.116. The molecule has 166 valence electrons. The molecule has 0 aromatic heterocycles. The maximum atomic E-state index is 12.7. The number of hydrazone groups is 1. The molecule has 0 aliphatic rings. The van der Waals surface area contributed by atoms with Gasteiger partial charge in [0.15, 0.2) is 11.5 Å². The lowest BCUT2D eigenvalue weighted by Gasteiger charge is -2.09. The highest BCUT2D eigenvalue weighted by atomic mass is 16.6. The Morgan fingerprint density at radius 3 is 2.18 bits per heavy atom. The normalized spacial score (nSPS) is 11.2. The molecule has 10 heteroatoms. The number of rotatable bonds is 7. The molecule has 0 heterocycles. The molecule has 10 nitrogen and oxygen atoms in total. The van der Waals surface area contributed by atoms with Crippen LogP contribution in [-0.4, -0.2) is 33.2 Å². The Labute approximate surface area is 187 Å². The zero-order valence-electron chi connectivity index (χ0n) is 17.0. The van der Waals surface area contributed by atoms with E-state index in [4.69, 9.17) is 0 Å². The number of nitro groups is 1. The molecule has 0 aliphatic heterocycles. The molecule has 0 radical (unpaired) electrons. The smallest absolute Gasteiger partial charge is 0.287 e. The van der Waals surface area contributed by atoms with Crippen molar-refractivity contribution in [1.82, 2.24) is 10.7 Å². The third-order valence-corrected chi connectivity index (χ3v) is 4.33. The fourth-order valence-corrected chi connectivity index (χ4v) is 2.72. The Morgan fingerprint density at radius 2 is 1.55 bits per heavy atom. The topological polar surface area (TPSA) is 154 Å². The van der Waals surface area contributed by atoms with Gasteiger partial charge in [-0.05, 0) is 29.8 Å². The molecule has 0 saturated carbocycles. The molecule has 0 spiro atoms. The molecule has 33 heavy (non-hydrogen) atoms. The Bertz CT molecular complexity index is 1240. The van der Waals surface area contributed by atoms with Gasteiger partial charge in [0.05, 0.1) is 22.8 Å². The molecule has 0 atom stereocenters. The SMILES string of the molecule is O=C(NN=Cc1cc(O)c(O)cc1[N+](=O)[O-])/C(=C/c1ccccc1)NC(=O)c1ccccc1. The number of hydrogen-bond acceptors (Lipinski definition) is 7. The molecule has 0 unspecified atom stereocenters. The van der Waals surface area contributed by atoms with Crippen LogP contribution in [0.25, 0.3) is 6.08 Å². The van der Waals surface area contributed by atoms with E-state index in [1.807, 2.05) is 0 Å². The molecule has 3 aromatic carbocycles. The fraction of sp³-hybridized carbons (Fsp3) is 0. The van der Waals surface area contributed by atoms with Gasteiger partial charge in [0.2, 0.25) is 0 Å². The van der Waals surface area contributed by atoms with Gasteiger partial charge in [0, 0.05) is 5.56 Å². The van der Waals surface area contributed by atoms with E-state index in [0.717, 1.165) is 18.3 Å². The van der Waals surface area contributed by atoms with Crippen molar-refractivity contribution in [3.8, 4) is 11.5 Å². The number of carbonyl (C=O) groups is 2. The molecule has 0 aliphatic carbocycles. The van der Waals surface area contributed by atoms with Crippen LogP contribution < -0.4 is 10.7 Å². The highest BCUT2D eigenvalue weighted by Crippen LogP contribution is 2.31. The van der Waals surface area contributed by atoms with Gasteiger partial charge in [-0.2, -0.15) is 5.10 Å². The van der Waals surface area contributed by atoms with Crippen LogP contribution >= 0.6 is 0 Å². The molecule has 0 fully saturated rings. The second-order valence-electron chi connectivity index (χ2n) is 6.64. The number of nitrogens with one attached hydrogen (secondary N) is 2. The van der Waals surface area contributed by atoms with Crippen LogP contribution in [-0.2, 0) is 4.79 Å². The number of carbonyl (C=O) groups excluding carboxylic acids is 2. The summed E-state index contributed by atoms with van der Waals surface area (Å²) in [5.74, 6) is -2.56. The maximum Gasteiger partial charge on any atom is 0.287 e. The number of nitro benzene ring substituents is 1. The van der Waals surface area contributed by atoms with Crippen molar-refractivity contribution in [3.05, 3.63) is 105 Å². The summed E-state index contributed by atoms with van der Waals surface area (Å²) in [5.41, 5.74) is 2.37. The van der Waals surface area contributed by atoms with E-state index in [-0.39, 0.29) is 11.3 Å². The van der Waals surface area contributed by atoms with E-state index in [1.54, 1.807) is 60.7 Å². The van der Waals surface area contributed by atoms with E-state index in [1.165, 1.54) is 6.08 Å². The first-order valence-corrected chi connectivity index (χ1v) is 9.52. The fourth-order valence-electron chi connectivity index (χ4n) is 2.72. The van der Waals surface area contributed by atoms with Crippen molar-refractivity contribution >= 4 is 29.8 Å². The predicted molar refractivity (Wildman–Crippen MR) is 120 cm³/mol. The number of phenols is 2. The third kappa shape index (κ3) is 6.01. The molecule has 3 aromatic rings. The van der Waals surface area contributed by atoms with E-state index in [0.29, 0.717) is 11.1 Å². The largest absolute Gasteiger partial charge is 0.504 e. The van der Waals surface area contributed by atoms with Gasteiger partial charge in [-0.25, -0.2) is 5.43 Å². The Hall–Kier alpha value is -4.99. The highest BCUT2D eigenvalue weighted by molar-refractivity contribution is 6.05. The predicted octanol–water partition coefficient (Wildman–Crippen LogP) is 2.93. The van der Waals surface area contributed by atoms with Gasteiger partial charge in [-0.1, -0.05) is 48.5 Å². The third-order valence-electron chi connectivity index (χ3n) is 4.33. The van der Waals surface area contributed by atoms with Crippen LogP contribution in [0, 0.1) is 10.1 Å². The Morgan fingerprint density at radius 1 is 0.939 bits per heavy atom. The number of hydrogen-bond donors (Lipinski definition) is 4. The average Bonchev–Trinajstić information content (AvgIpc) is 2.81.